The van der Waals surface area contributed by atoms with Gasteiger partial charge in [0.1, 0.15) is 5.52 Å². The van der Waals surface area contributed by atoms with Crippen molar-refractivity contribution >= 4 is 40.1 Å². The van der Waals surface area contributed by atoms with Crippen molar-refractivity contribution in [3.8, 4) is 0 Å². The van der Waals surface area contributed by atoms with Gasteiger partial charge in [0.2, 0.25) is 11.9 Å². The van der Waals surface area contributed by atoms with Crippen LogP contribution in [-0.4, -0.2) is 45.7 Å². The zero-order valence-electron chi connectivity index (χ0n) is 19.2. The van der Waals surface area contributed by atoms with Crippen molar-refractivity contribution in [1.82, 2.24) is 24.8 Å². The Morgan fingerprint density at radius 3 is 2.32 bits per heavy atom. The average Bonchev–Trinajstić information content (AvgIpc) is 3.53. The molecule has 8 heteroatoms. The third kappa shape index (κ3) is 4.28. The van der Waals surface area contributed by atoms with E-state index in [9.17, 15) is 0 Å². The van der Waals surface area contributed by atoms with E-state index in [1.165, 1.54) is 18.5 Å². The van der Waals surface area contributed by atoms with Gasteiger partial charge < -0.3 is 25.4 Å². The second kappa shape index (κ2) is 9.30. The highest BCUT2D eigenvalue weighted by Crippen LogP contribution is 2.36. The summed E-state index contributed by atoms with van der Waals surface area (Å²) in [5, 5.41) is 10.2. The average molecular weight is 455 g/mol. The summed E-state index contributed by atoms with van der Waals surface area (Å²) in [7, 11) is 0. The SMILES string of the molecule is c1ccc(Nc2nc3nc(Nc4ccc(N5CCNCC5)cc4)ncc3n2C2CCCC2)cc1. The molecule has 0 spiro atoms. The van der Waals surface area contributed by atoms with Gasteiger partial charge in [0.25, 0.3) is 0 Å². The topological polar surface area (TPSA) is 82.9 Å². The van der Waals surface area contributed by atoms with Gasteiger partial charge >= 0.3 is 0 Å². The molecule has 4 aromatic rings. The number of anilines is 5. The second-order valence-corrected chi connectivity index (χ2v) is 9.05. The Morgan fingerprint density at radius 1 is 0.824 bits per heavy atom. The van der Waals surface area contributed by atoms with Crippen LogP contribution in [0.3, 0.4) is 0 Å². The minimum absolute atomic E-state index is 0.427. The van der Waals surface area contributed by atoms with Gasteiger partial charge in [-0.1, -0.05) is 31.0 Å². The van der Waals surface area contributed by atoms with Crippen LogP contribution in [0.5, 0.6) is 0 Å². The number of para-hydroxylation sites is 1. The molecule has 2 fully saturated rings. The van der Waals surface area contributed by atoms with Gasteiger partial charge in [0.15, 0.2) is 5.65 Å². The third-order valence-electron chi connectivity index (χ3n) is 6.77. The van der Waals surface area contributed by atoms with E-state index in [1.54, 1.807) is 0 Å². The van der Waals surface area contributed by atoms with E-state index in [1.807, 2.05) is 24.4 Å². The Morgan fingerprint density at radius 2 is 1.56 bits per heavy atom. The molecule has 3 heterocycles. The minimum Gasteiger partial charge on any atom is -0.369 e. The van der Waals surface area contributed by atoms with Gasteiger partial charge in [-0.15, -0.1) is 0 Å². The van der Waals surface area contributed by atoms with Crippen molar-refractivity contribution in [2.24, 2.45) is 0 Å². The fourth-order valence-corrected chi connectivity index (χ4v) is 5.03. The molecule has 0 amide bonds. The number of hydrogen-bond donors (Lipinski definition) is 3. The molecular formula is C26H30N8. The first kappa shape index (κ1) is 20.9. The number of hydrogen-bond acceptors (Lipinski definition) is 7. The van der Waals surface area contributed by atoms with Gasteiger partial charge in [0, 0.05) is 49.3 Å². The summed E-state index contributed by atoms with van der Waals surface area (Å²) >= 11 is 0. The van der Waals surface area contributed by atoms with Crippen molar-refractivity contribution < 1.29 is 0 Å². The Labute approximate surface area is 199 Å². The van der Waals surface area contributed by atoms with E-state index in [0.717, 1.165) is 61.9 Å². The first-order valence-electron chi connectivity index (χ1n) is 12.2. The van der Waals surface area contributed by atoms with Crippen molar-refractivity contribution in [3.63, 3.8) is 0 Å². The van der Waals surface area contributed by atoms with Gasteiger partial charge in [-0.2, -0.15) is 9.97 Å². The lowest BCUT2D eigenvalue weighted by molar-refractivity contribution is 0.538. The predicted molar refractivity (Wildman–Crippen MR) is 137 cm³/mol. The highest BCUT2D eigenvalue weighted by molar-refractivity contribution is 5.77. The van der Waals surface area contributed by atoms with Crippen LogP contribution in [0.15, 0.2) is 60.8 Å². The highest BCUT2D eigenvalue weighted by Gasteiger charge is 2.24. The van der Waals surface area contributed by atoms with Gasteiger partial charge in [0.05, 0.1) is 6.20 Å². The molecule has 174 valence electrons. The molecule has 1 saturated heterocycles. The van der Waals surface area contributed by atoms with Crippen LogP contribution in [0.4, 0.5) is 29.0 Å². The molecule has 0 radical (unpaired) electrons. The summed E-state index contributed by atoms with van der Waals surface area (Å²) in [5.74, 6) is 1.39. The molecular weight excluding hydrogens is 424 g/mol. The van der Waals surface area contributed by atoms with Crippen LogP contribution < -0.4 is 20.9 Å². The maximum absolute atomic E-state index is 4.88. The van der Waals surface area contributed by atoms with Crippen LogP contribution in [0, 0.1) is 0 Å². The number of imidazole rings is 1. The molecule has 6 rings (SSSR count). The smallest absolute Gasteiger partial charge is 0.229 e. The zero-order chi connectivity index (χ0) is 22.7. The largest absolute Gasteiger partial charge is 0.369 e. The lowest BCUT2D eigenvalue weighted by atomic mass is 10.2. The summed E-state index contributed by atoms with van der Waals surface area (Å²) < 4.78 is 2.29. The summed E-state index contributed by atoms with van der Waals surface area (Å²) in [4.78, 5) is 16.7. The summed E-state index contributed by atoms with van der Waals surface area (Å²) in [6.45, 7) is 4.13. The maximum atomic E-state index is 4.88. The van der Waals surface area contributed by atoms with Crippen molar-refractivity contribution in [1.29, 1.82) is 0 Å². The first-order valence-corrected chi connectivity index (χ1v) is 12.2. The molecule has 2 aromatic heterocycles. The standard InChI is InChI=1S/C26H30N8/c1-2-6-19(7-3-1)30-26-32-24-23(34(26)22-8-4-5-9-22)18-28-25(31-24)29-20-10-12-21(13-11-20)33-16-14-27-15-17-33/h1-3,6-7,10-13,18,22,27H,4-5,8-9,14-17H2,(H2,28,29,30,31,32). The minimum atomic E-state index is 0.427. The van der Waals surface area contributed by atoms with Crippen molar-refractivity contribution in [3.05, 3.63) is 60.8 Å². The molecule has 8 nitrogen and oxygen atoms in total. The second-order valence-electron chi connectivity index (χ2n) is 9.05. The fraction of sp³-hybridized carbons (Fsp3) is 0.346. The van der Waals surface area contributed by atoms with Crippen molar-refractivity contribution in [2.75, 3.05) is 41.7 Å². The maximum Gasteiger partial charge on any atom is 0.229 e. The molecule has 0 unspecified atom stereocenters. The number of piperazine rings is 1. The summed E-state index contributed by atoms with van der Waals surface area (Å²) in [6.07, 6.45) is 6.73. The van der Waals surface area contributed by atoms with Gasteiger partial charge in [-0.25, -0.2) is 4.98 Å². The number of fused-ring (bicyclic) bond motifs is 1. The highest BCUT2D eigenvalue weighted by atomic mass is 15.3. The number of rotatable bonds is 6. The molecule has 0 atom stereocenters. The lowest BCUT2D eigenvalue weighted by Crippen LogP contribution is -2.43. The monoisotopic (exact) mass is 454 g/mol. The number of aromatic nitrogens is 4. The Bertz CT molecular complexity index is 1240. The van der Waals surface area contributed by atoms with E-state index in [2.05, 4.69) is 66.8 Å². The summed E-state index contributed by atoms with van der Waals surface area (Å²) in [6, 6.07) is 19.1. The van der Waals surface area contributed by atoms with Crippen LogP contribution in [0.2, 0.25) is 0 Å². The molecule has 0 bridgehead atoms. The fourth-order valence-electron chi connectivity index (χ4n) is 5.03. The quantitative estimate of drug-likeness (QED) is 0.385. The predicted octanol–water partition coefficient (Wildman–Crippen LogP) is 4.84. The number of nitrogens with zero attached hydrogens (tertiary/aromatic N) is 5. The summed E-state index contributed by atoms with van der Waals surface area (Å²) in [5.41, 5.74) is 4.92. The van der Waals surface area contributed by atoms with Gasteiger partial charge in [-0.05, 0) is 49.2 Å². The van der Waals surface area contributed by atoms with Crippen molar-refractivity contribution in [2.45, 2.75) is 31.7 Å². The normalized spacial score (nSPS) is 16.8. The van der Waals surface area contributed by atoms with E-state index < -0.39 is 0 Å². The molecule has 1 aliphatic carbocycles. The molecule has 2 aliphatic rings. The van der Waals surface area contributed by atoms with E-state index in [0.29, 0.717) is 17.6 Å². The zero-order valence-corrected chi connectivity index (χ0v) is 19.2. The number of nitrogens with one attached hydrogen (secondary N) is 3. The molecule has 2 aromatic carbocycles. The van der Waals surface area contributed by atoms with Crippen LogP contribution in [0.25, 0.3) is 11.2 Å². The Kier molecular flexibility index (Phi) is 5.73. The van der Waals surface area contributed by atoms with Crippen LogP contribution >= 0.6 is 0 Å². The van der Waals surface area contributed by atoms with E-state index >= 15 is 0 Å². The molecule has 1 saturated carbocycles. The van der Waals surface area contributed by atoms with Crippen LogP contribution in [-0.2, 0) is 0 Å². The first-order chi connectivity index (χ1) is 16.8. The lowest BCUT2D eigenvalue weighted by Gasteiger charge is -2.29. The Balaban J connectivity index is 1.26. The third-order valence-corrected chi connectivity index (χ3v) is 6.77. The Hall–Kier alpha value is -3.65. The van der Waals surface area contributed by atoms with E-state index in [4.69, 9.17) is 9.97 Å². The number of benzene rings is 2. The molecule has 3 N–H and O–H groups in total. The molecule has 34 heavy (non-hydrogen) atoms. The molecule has 1 aliphatic heterocycles. The van der Waals surface area contributed by atoms with Gasteiger partial charge in [-0.3, -0.25) is 0 Å². The van der Waals surface area contributed by atoms with E-state index in [-0.39, 0.29) is 0 Å². The van der Waals surface area contributed by atoms with Crippen LogP contribution in [0.1, 0.15) is 31.7 Å².